The van der Waals surface area contributed by atoms with Gasteiger partial charge in [-0.15, -0.1) is 0 Å². The highest BCUT2D eigenvalue weighted by atomic mass is 35.5. The molecule has 2 amide bonds. The lowest BCUT2D eigenvalue weighted by atomic mass is 10.1. The van der Waals surface area contributed by atoms with Gasteiger partial charge in [0, 0.05) is 13.1 Å². The molecule has 134 valence electrons. The zero-order valence-corrected chi connectivity index (χ0v) is 14.7. The van der Waals surface area contributed by atoms with E-state index in [1.54, 1.807) is 29.2 Å². The van der Waals surface area contributed by atoms with Crippen LogP contribution in [-0.4, -0.2) is 30.6 Å². The molecule has 1 aliphatic heterocycles. The Morgan fingerprint density at radius 2 is 2.23 bits per heavy atom. The van der Waals surface area contributed by atoms with E-state index in [-0.39, 0.29) is 17.2 Å². The van der Waals surface area contributed by atoms with E-state index in [1.165, 1.54) is 12.1 Å². The molecule has 7 heteroatoms. The second-order valence-corrected chi connectivity index (χ2v) is 6.36. The van der Waals surface area contributed by atoms with Gasteiger partial charge in [0.1, 0.15) is 11.9 Å². The number of halogens is 2. The fourth-order valence-corrected chi connectivity index (χ4v) is 2.98. The SMILES string of the molecule is N#Cc1cccc(CNC(=O)N2CCOC(c3ccc(F)c(Cl)c3)C2)c1. The van der Waals surface area contributed by atoms with Crippen molar-refractivity contribution in [3.63, 3.8) is 0 Å². The first kappa shape index (κ1) is 18.2. The summed E-state index contributed by atoms with van der Waals surface area (Å²) in [5.74, 6) is -0.486. The Kier molecular flexibility index (Phi) is 5.71. The highest BCUT2D eigenvalue weighted by Gasteiger charge is 2.25. The van der Waals surface area contributed by atoms with Crippen molar-refractivity contribution >= 4 is 17.6 Å². The number of amides is 2. The van der Waals surface area contributed by atoms with E-state index >= 15 is 0 Å². The van der Waals surface area contributed by atoms with Gasteiger partial charge >= 0.3 is 6.03 Å². The lowest BCUT2D eigenvalue weighted by molar-refractivity contribution is -0.0155. The number of hydrogen-bond acceptors (Lipinski definition) is 3. The fourth-order valence-electron chi connectivity index (χ4n) is 2.79. The minimum atomic E-state index is -0.486. The Balaban J connectivity index is 1.60. The maximum Gasteiger partial charge on any atom is 0.317 e. The van der Waals surface area contributed by atoms with Crippen LogP contribution < -0.4 is 5.32 Å². The average molecular weight is 374 g/mol. The van der Waals surface area contributed by atoms with Gasteiger partial charge in [0.05, 0.1) is 29.8 Å². The Bertz CT molecular complexity index is 853. The maximum absolute atomic E-state index is 13.3. The number of nitrogens with zero attached hydrogens (tertiary/aromatic N) is 2. The molecule has 26 heavy (non-hydrogen) atoms. The van der Waals surface area contributed by atoms with Gasteiger partial charge in [-0.3, -0.25) is 0 Å². The molecule has 1 N–H and O–H groups in total. The fraction of sp³-hybridized carbons (Fsp3) is 0.263. The summed E-state index contributed by atoms with van der Waals surface area (Å²) in [4.78, 5) is 14.1. The molecule has 0 saturated carbocycles. The van der Waals surface area contributed by atoms with E-state index in [2.05, 4.69) is 11.4 Å². The molecule has 2 aromatic rings. The van der Waals surface area contributed by atoms with Crippen LogP contribution in [0.25, 0.3) is 0 Å². The summed E-state index contributed by atoms with van der Waals surface area (Å²) < 4.78 is 19.0. The van der Waals surface area contributed by atoms with Crippen molar-refractivity contribution in [3.8, 4) is 6.07 Å². The maximum atomic E-state index is 13.3. The van der Waals surface area contributed by atoms with Crippen molar-refractivity contribution in [1.29, 1.82) is 5.26 Å². The van der Waals surface area contributed by atoms with E-state index < -0.39 is 5.82 Å². The predicted molar refractivity (Wildman–Crippen MR) is 95.1 cm³/mol. The Morgan fingerprint density at radius 1 is 1.38 bits per heavy atom. The van der Waals surface area contributed by atoms with Crippen LogP contribution in [-0.2, 0) is 11.3 Å². The number of nitrogens with one attached hydrogen (secondary N) is 1. The summed E-state index contributed by atoms with van der Waals surface area (Å²) in [5.41, 5.74) is 2.14. The molecule has 1 aliphatic rings. The second kappa shape index (κ2) is 8.17. The van der Waals surface area contributed by atoms with E-state index in [9.17, 15) is 9.18 Å². The summed E-state index contributed by atoms with van der Waals surface area (Å²) >= 11 is 5.83. The molecule has 1 unspecified atom stereocenters. The molecular weight excluding hydrogens is 357 g/mol. The van der Waals surface area contributed by atoms with Crippen LogP contribution in [0, 0.1) is 17.1 Å². The molecule has 1 heterocycles. The van der Waals surface area contributed by atoms with Gasteiger partial charge in [-0.05, 0) is 35.4 Å². The van der Waals surface area contributed by atoms with E-state index in [0.717, 1.165) is 11.1 Å². The first-order valence-corrected chi connectivity index (χ1v) is 8.53. The zero-order valence-electron chi connectivity index (χ0n) is 13.9. The monoisotopic (exact) mass is 373 g/mol. The lowest BCUT2D eigenvalue weighted by Gasteiger charge is -2.33. The number of ether oxygens (including phenoxy) is 1. The van der Waals surface area contributed by atoms with Gasteiger partial charge in [0.15, 0.2) is 0 Å². The van der Waals surface area contributed by atoms with Crippen LogP contribution in [0.4, 0.5) is 9.18 Å². The van der Waals surface area contributed by atoms with Crippen LogP contribution in [0.3, 0.4) is 0 Å². The highest BCUT2D eigenvalue weighted by Crippen LogP contribution is 2.26. The minimum absolute atomic E-state index is 0.0325. The van der Waals surface area contributed by atoms with Gasteiger partial charge in [-0.2, -0.15) is 5.26 Å². The number of benzene rings is 2. The van der Waals surface area contributed by atoms with Crippen molar-refractivity contribution in [1.82, 2.24) is 10.2 Å². The molecule has 1 fully saturated rings. The van der Waals surface area contributed by atoms with Crippen LogP contribution >= 0.6 is 11.6 Å². The first-order chi connectivity index (χ1) is 12.6. The molecule has 3 rings (SSSR count). The van der Waals surface area contributed by atoms with Crippen molar-refractivity contribution in [2.75, 3.05) is 19.7 Å². The molecule has 1 atom stereocenters. The largest absolute Gasteiger partial charge is 0.370 e. The summed E-state index contributed by atoms with van der Waals surface area (Å²) in [6, 6.07) is 13.4. The molecule has 0 aliphatic carbocycles. The molecular formula is C19H17ClFN3O2. The van der Waals surface area contributed by atoms with Gasteiger partial charge in [0.25, 0.3) is 0 Å². The summed E-state index contributed by atoms with van der Waals surface area (Å²) in [6.45, 7) is 1.54. The molecule has 1 saturated heterocycles. The summed E-state index contributed by atoms with van der Waals surface area (Å²) in [7, 11) is 0. The van der Waals surface area contributed by atoms with E-state index in [4.69, 9.17) is 21.6 Å². The number of morpholine rings is 1. The van der Waals surface area contributed by atoms with Crippen LogP contribution in [0.5, 0.6) is 0 Å². The third-order valence-corrected chi connectivity index (χ3v) is 4.46. The van der Waals surface area contributed by atoms with Gasteiger partial charge in [-0.1, -0.05) is 29.8 Å². The third kappa shape index (κ3) is 4.31. The Labute approximate surface area is 155 Å². The molecule has 0 bridgehead atoms. The highest BCUT2D eigenvalue weighted by molar-refractivity contribution is 6.30. The van der Waals surface area contributed by atoms with E-state index in [0.29, 0.717) is 31.8 Å². The van der Waals surface area contributed by atoms with Crippen LogP contribution in [0.2, 0.25) is 5.02 Å². The van der Waals surface area contributed by atoms with Crippen molar-refractivity contribution < 1.29 is 13.9 Å². The first-order valence-electron chi connectivity index (χ1n) is 8.15. The van der Waals surface area contributed by atoms with Crippen molar-refractivity contribution in [2.45, 2.75) is 12.6 Å². The van der Waals surface area contributed by atoms with Gasteiger partial charge in [0.2, 0.25) is 0 Å². The molecule has 2 aromatic carbocycles. The van der Waals surface area contributed by atoms with Crippen LogP contribution in [0.1, 0.15) is 22.8 Å². The standard InChI is InChI=1S/C19H17ClFN3O2/c20-16-9-15(4-5-17(16)21)18-12-24(6-7-26-18)19(25)23-11-14-3-1-2-13(8-14)10-22/h1-5,8-9,18H,6-7,11-12H2,(H,23,25). The number of hydrogen-bond donors (Lipinski definition) is 1. The Morgan fingerprint density at radius 3 is 3.00 bits per heavy atom. The predicted octanol–water partition coefficient (Wildman–Crippen LogP) is 3.63. The number of carbonyl (C=O) groups excluding carboxylic acids is 1. The average Bonchev–Trinajstić information content (AvgIpc) is 2.68. The molecule has 0 aromatic heterocycles. The van der Waals surface area contributed by atoms with Gasteiger partial charge < -0.3 is 15.0 Å². The number of rotatable bonds is 3. The zero-order chi connectivity index (χ0) is 18.5. The summed E-state index contributed by atoms with van der Waals surface area (Å²) in [5, 5.41) is 11.8. The van der Waals surface area contributed by atoms with Gasteiger partial charge in [-0.25, -0.2) is 9.18 Å². The normalized spacial score (nSPS) is 16.8. The third-order valence-electron chi connectivity index (χ3n) is 4.17. The van der Waals surface area contributed by atoms with Crippen molar-refractivity contribution in [3.05, 3.63) is 70.0 Å². The molecule has 5 nitrogen and oxygen atoms in total. The van der Waals surface area contributed by atoms with Crippen molar-refractivity contribution in [2.24, 2.45) is 0 Å². The molecule has 0 radical (unpaired) electrons. The van der Waals surface area contributed by atoms with Crippen LogP contribution in [0.15, 0.2) is 42.5 Å². The second-order valence-electron chi connectivity index (χ2n) is 5.95. The number of carbonyl (C=O) groups is 1. The number of nitriles is 1. The van der Waals surface area contributed by atoms with E-state index in [1.807, 2.05) is 6.07 Å². The quantitative estimate of drug-likeness (QED) is 0.893. The minimum Gasteiger partial charge on any atom is -0.370 e. The topological polar surface area (TPSA) is 65.4 Å². The smallest absolute Gasteiger partial charge is 0.317 e. The Hall–Kier alpha value is -2.62. The molecule has 0 spiro atoms. The lowest BCUT2D eigenvalue weighted by Crippen LogP contribution is -2.46. The summed E-state index contributed by atoms with van der Waals surface area (Å²) in [6.07, 6.45) is -0.352. The number of urea groups is 1.